The van der Waals surface area contributed by atoms with Gasteiger partial charge in [0.1, 0.15) is 19.0 Å². The van der Waals surface area contributed by atoms with Crippen LogP contribution in [0.2, 0.25) is 0 Å². The average Bonchev–Trinajstić information content (AvgIpc) is 2.75. The molecule has 0 N–H and O–H groups in total. The first-order chi connectivity index (χ1) is 13.7. The SMILES string of the molecule is CCP(CC)CCO[P+](=O)OCCP(c1ccccc1)c1ccccc1OC. The van der Waals surface area contributed by atoms with Gasteiger partial charge in [-0.3, -0.25) is 0 Å². The topological polar surface area (TPSA) is 44.8 Å². The van der Waals surface area contributed by atoms with Crippen LogP contribution in [0.25, 0.3) is 0 Å². The number of rotatable bonds is 13. The molecule has 0 saturated heterocycles. The van der Waals surface area contributed by atoms with Crippen LogP contribution in [0.4, 0.5) is 0 Å². The molecule has 28 heavy (non-hydrogen) atoms. The third-order valence-electron chi connectivity index (χ3n) is 4.45. The van der Waals surface area contributed by atoms with E-state index in [-0.39, 0.29) is 7.92 Å². The van der Waals surface area contributed by atoms with E-state index in [9.17, 15) is 4.57 Å². The molecule has 2 rings (SSSR count). The van der Waals surface area contributed by atoms with E-state index >= 15 is 0 Å². The van der Waals surface area contributed by atoms with E-state index < -0.39 is 16.2 Å². The van der Waals surface area contributed by atoms with E-state index in [4.69, 9.17) is 13.8 Å². The van der Waals surface area contributed by atoms with Gasteiger partial charge < -0.3 is 4.74 Å². The summed E-state index contributed by atoms with van der Waals surface area (Å²) in [7, 11) is -1.03. The number of hydrogen-bond acceptors (Lipinski definition) is 4. The fourth-order valence-corrected chi connectivity index (χ4v) is 7.43. The quantitative estimate of drug-likeness (QED) is 0.395. The smallest absolute Gasteiger partial charge is 0.496 e. The van der Waals surface area contributed by atoms with Gasteiger partial charge in [-0.25, -0.2) is 0 Å². The first-order valence-corrected chi connectivity index (χ1v) is 14.1. The standard InChI is InChI=1S/C21H30O4P3/c1-4-26(5-2)17-15-24-28(22)25-16-18-27(19-11-7-6-8-12-19)21-14-10-9-13-20(21)23-3/h6-14H,4-5,15-18H2,1-3H3/q+1. The van der Waals surface area contributed by atoms with Crippen LogP contribution in [0.3, 0.4) is 0 Å². The van der Waals surface area contributed by atoms with E-state index in [1.54, 1.807) is 7.11 Å². The van der Waals surface area contributed by atoms with Gasteiger partial charge in [0, 0.05) is 16.0 Å². The van der Waals surface area contributed by atoms with E-state index in [0.717, 1.165) is 18.1 Å². The molecule has 0 aliphatic carbocycles. The summed E-state index contributed by atoms with van der Waals surface area (Å²) in [4.78, 5) is 0. The normalized spacial score (nSPS) is 12.8. The van der Waals surface area contributed by atoms with Gasteiger partial charge in [-0.15, -0.1) is 17.0 Å². The number of hydrogen-bond donors (Lipinski definition) is 0. The Morgan fingerprint density at radius 2 is 1.46 bits per heavy atom. The van der Waals surface area contributed by atoms with Crippen molar-refractivity contribution in [2.75, 3.05) is 45.0 Å². The summed E-state index contributed by atoms with van der Waals surface area (Å²) in [5, 5.41) is 2.42. The number of para-hydroxylation sites is 1. The molecule has 2 atom stereocenters. The van der Waals surface area contributed by atoms with Crippen molar-refractivity contribution in [3.63, 3.8) is 0 Å². The predicted octanol–water partition coefficient (Wildman–Crippen LogP) is 5.34. The van der Waals surface area contributed by atoms with Gasteiger partial charge in [-0.05, 0) is 37.8 Å². The summed E-state index contributed by atoms with van der Waals surface area (Å²) < 4.78 is 28.5. The third-order valence-corrected chi connectivity index (χ3v) is 10.3. The van der Waals surface area contributed by atoms with Crippen LogP contribution in [0, 0.1) is 0 Å². The lowest BCUT2D eigenvalue weighted by Gasteiger charge is -2.20. The summed E-state index contributed by atoms with van der Waals surface area (Å²) in [6.45, 7) is 5.32. The Morgan fingerprint density at radius 1 is 0.857 bits per heavy atom. The van der Waals surface area contributed by atoms with Gasteiger partial charge in [0.05, 0.1) is 7.11 Å². The van der Waals surface area contributed by atoms with Crippen LogP contribution >= 0.6 is 24.1 Å². The predicted molar refractivity (Wildman–Crippen MR) is 123 cm³/mol. The molecule has 2 unspecified atom stereocenters. The van der Waals surface area contributed by atoms with Crippen LogP contribution in [-0.4, -0.2) is 45.0 Å². The lowest BCUT2D eigenvalue weighted by atomic mass is 10.3. The van der Waals surface area contributed by atoms with Gasteiger partial charge >= 0.3 is 8.25 Å². The molecule has 0 fully saturated rings. The van der Waals surface area contributed by atoms with Crippen LogP contribution < -0.4 is 15.3 Å². The van der Waals surface area contributed by atoms with Gasteiger partial charge in [0.2, 0.25) is 0 Å². The molecule has 2 aromatic carbocycles. The second kappa shape index (κ2) is 13.4. The molecule has 0 saturated carbocycles. The lowest BCUT2D eigenvalue weighted by Crippen LogP contribution is -2.17. The van der Waals surface area contributed by atoms with Crippen LogP contribution in [0.5, 0.6) is 5.75 Å². The Balaban J connectivity index is 1.94. The zero-order chi connectivity index (χ0) is 20.2. The molecular weight excluding hydrogens is 409 g/mol. The minimum Gasteiger partial charge on any atom is -0.496 e. The minimum absolute atomic E-state index is 0.00387. The summed E-state index contributed by atoms with van der Waals surface area (Å²) >= 11 is 0. The van der Waals surface area contributed by atoms with Crippen molar-refractivity contribution in [2.24, 2.45) is 0 Å². The molecule has 0 aliphatic heterocycles. The number of methoxy groups -OCH3 is 1. The van der Waals surface area contributed by atoms with Gasteiger partial charge in [0.25, 0.3) is 0 Å². The van der Waals surface area contributed by atoms with Crippen molar-refractivity contribution in [3.8, 4) is 5.75 Å². The summed E-state index contributed by atoms with van der Waals surface area (Å²) in [6, 6.07) is 18.5. The third kappa shape index (κ3) is 7.51. The van der Waals surface area contributed by atoms with Crippen molar-refractivity contribution < 1.29 is 18.3 Å². The molecule has 0 amide bonds. The minimum atomic E-state index is -2.06. The van der Waals surface area contributed by atoms with Crippen molar-refractivity contribution in [2.45, 2.75) is 13.8 Å². The Kier molecular flexibility index (Phi) is 11.2. The van der Waals surface area contributed by atoms with Crippen molar-refractivity contribution in [1.82, 2.24) is 0 Å². The summed E-state index contributed by atoms with van der Waals surface area (Å²) in [6.07, 6.45) is 4.13. The van der Waals surface area contributed by atoms with E-state index in [2.05, 4.69) is 32.0 Å². The van der Waals surface area contributed by atoms with Gasteiger partial charge in [-0.2, -0.15) is 0 Å². The average molecular weight is 439 g/mol. The molecule has 0 heterocycles. The lowest BCUT2D eigenvalue weighted by molar-refractivity contribution is 0.245. The fourth-order valence-electron chi connectivity index (χ4n) is 2.88. The first-order valence-electron chi connectivity index (χ1n) is 9.60. The monoisotopic (exact) mass is 439 g/mol. The van der Waals surface area contributed by atoms with E-state index in [0.29, 0.717) is 13.2 Å². The molecule has 0 aliphatic rings. The number of ether oxygens (including phenoxy) is 1. The molecule has 2 aromatic rings. The van der Waals surface area contributed by atoms with Crippen molar-refractivity contribution in [1.29, 1.82) is 0 Å². The highest BCUT2D eigenvalue weighted by atomic mass is 31.1. The summed E-state index contributed by atoms with van der Waals surface area (Å²) in [5.41, 5.74) is 0. The molecule has 4 nitrogen and oxygen atoms in total. The highest BCUT2D eigenvalue weighted by molar-refractivity contribution is 7.73. The maximum Gasteiger partial charge on any atom is 0.697 e. The molecule has 0 spiro atoms. The van der Waals surface area contributed by atoms with E-state index in [1.807, 2.05) is 36.4 Å². The Morgan fingerprint density at radius 3 is 2.11 bits per heavy atom. The second-order valence-corrected chi connectivity index (χ2v) is 12.4. The summed E-state index contributed by atoms with van der Waals surface area (Å²) in [5.74, 6) is 0.880. The molecule has 0 radical (unpaired) electrons. The van der Waals surface area contributed by atoms with E-state index in [1.165, 1.54) is 22.9 Å². The zero-order valence-electron chi connectivity index (χ0n) is 16.9. The zero-order valence-corrected chi connectivity index (χ0v) is 19.6. The Bertz CT molecular complexity index is 708. The Labute approximate surface area is 172 Å². The van der Waals surface area contributed by atoms with Crippen LogP contribution in [-0.2, 0) is 13.6 Å². The molecular formula is C21H30O4P3+. The maximum absolute atomic E-state index is 12.1. The van der Waals surface area contributed by atoms with Crippen LogP contribution in [0.1, 0.15) is 13.8 Å². The molecule has 7 heteroatoms. The van der Waals surface area contributed by atoms with Crippen molar-refractivity contribution >= 4 is 34.7 Å². The molecule has 152 valence electrons. The number of benzene rings is 2. The van der Waals surface area contributed by atoms with Crippen LogP contribution in [0.15, 0.2) is 54.6 Å². The molecule has 0 bridgehead atoms. The highest BCUT2D eigenvalue weighted by Crippen LogP contribution is 2.38. The molecule has 0 aromatic heterocycles. The largest absolute Gasteiger partial charge is 0.697 e. The van der Waals surface area contributed by atoms with Crippen molar-refractivity contribution in [3.05, 3.63) is 54.6 Å². The Hall–Kier alpha value is -0.880. The highest BCUT2D eigenvalue weighted by Gasteiger charge is 2.24. The first kappa shape index (κ1) is 23.4. The maximum atomic E-state index is 12.1. The second-order valence-electron chi connectivity index (χ2n) is 6.08. The van der Waals surface area contributed by atoms with Gasteiger partial charge in [0.15, 0.2) is 0 Å². The van der Waals surface area contributed by atoms with Gasteiger partial charge in [-0.1, -0.05) is 62.4 Å². The fraction of sp³-hybridized carbons (Fsp3) is 0.429.